The summed E-state index contributed by atoms with van der Waals surface area (Å²) in [7, 11) is 0. The van der Waals surface area contributed by atoms with Crippen LogP contribution in [-0.2, 0) is 4.79 Å². The summed E-state index contributed by atoms with van der Waals surface area (Å²) in [5, 5.41) is 13.7. The monoisotopic (exact) mass is 319 g/mol. The minimum atomic E-state index is -0.137. The van der Waals surface area contributed by atoms with E-state index in [0.29, 0.717) is 18.2 Å². The molecule has 3 heterocycles. The number of carbonyl (C=O) groups excluding carboxylic acids is 1. The van der Waals surface area contributed by atoms with Crippen LogP contribution in [0.3, 0.4) is 0 Å². The van der Waals surface area contributed by atoms with Crippen molar-refractivity contribution < 1.29 is 4.79 Å². The number of nitrogens with one attached hydrogen (secondary N) is 1. The first-order valence-corrected chi connectivity index (χ1v) is 8.65. The van der Waals surface area contributed by atoms with Gasteiger partial charge in [-0.3, -0.25) is 4.79 Å². The highest BCUT2D eigenvalue weighted by molar-refractivity contribution is 7.19. The highest BCUT2D eigenvalue weighted by Gasteiger charge is 2.34. The maximum Gasteiger partial charge on any atom is 0.231 e. The second-order valence-corrected chi connectivity index (χ2v) is 7.14. The molecule has 6 nitrogen and oxygen atoms in total. The van der Waals surface area contributed by atoms with Crippen LogP contribution in [-0.4, -0.2) is 42.0 Å². The molecule has 1 N–H and O–H groups in total. The molecule has 0 bridgehead atoms. The van der Waals surface area contributed by atoms with Gasteiger partial charge in [-0.15, -0.1) is 0 Å². The van der Waals surface area contributed by atoms with Crippen LogP contribution in [0.2, 0.25) is 0 Å². The predicted octanol–water partition coefficient (Wildman–Crippen LogP) is 2.12. The number of nitriles is 1. The summed E-state index contributed by atoms with van der Waals surface area (Å²) in [6, 6.07) is 0. The number of likely N-dealkylation sites (tertiary alicyclic amines) is 1. The number of rotatable bonds is 3. The number of amides is 1. The van der Waals surface area contributed by atoms with Crippen molar-refractivity contribution >= 4 is 27.4 Å². The van der Waals surface area contributed by atoms with Crippen LogP contribution >= 0.6 is 11.3 Å². The largest absolute Gasteiger partial charge is 0.362 e. The molecule has 2 fully saturated rings. The Morgan fingerprint density at radius 3 is 2.86 bits per heavy atom. The average molecular weight is 319 g/mol. The van der Waals surface area contributed by atoms with Crippen LogP contribution in [0.5, 0.6) is 0 Å². The van der Waals surface area contributed by atoms with Crippen LogP contribution in [0, 0.1) is 23.3 Å². The standard InChI is InChI=1S/C15H21N5OS/c1-11-8-19(10-16)9-12(11)14(21)18-15-17-7-13(22-15)20-5-3-2-4-6-20/h7,11-12H,2-6,8-9H2,1H3,(H,17,18,21). The summed E-state index contributed by atoms with van der Waals surface area (Å²) in [6.07, 6.45) is 7.73. The molecule has 118 valence electrons. The Morgan fingerprint density at radius 2 is 2.18 bits per heavy atom. The van der Waals surface area contributed by atoms with Gasteiger partial charge < -0.3 is 15.1 Å². The molecule has 3 rings (SSSR count). The first-order valence-electron chi connectivity index (χ1n) is 7.83. The Labute approximate surface area is 134 Å². The lowest BCUT2D eigenvalue weighted by molar-refractivity contribution is -0.120. The van der Waals surface area contributed by atoms with Gasteiger partial charge in [-0.25, -0.2) is 4.98 Å². The highest BCUT2D eigenvalue weighted by atomic mass is 32.1. The summed E-state index contributed by atoms with van der Waals surface area (Å²) >= 11 is 1.54. The van der Waals surface area contributed by atoms with Crippen LogP contribution in [0.15, 0.2) is 6.20 Å². The van der Waals surface area contributed by atoms with E-state index in [0.717, 1.165) is 18.1 Å². The van der Waals surface area contributed by atoms with Crippen LogP contribution < -0.4 is 10.2 Å². The lowest BCUT2D eigenvalue weighted by atomic mass is 9.97. The van der Waals surface area contributed by atoms with Gasteiger partial charge >= 0.3 is 0 Å². The van der Waals surface area contributed by atoms with E-state index in [-0.39, 0.29) is 17.7 Å². The lowest BCUT2D eigenvalue weighted by Gasteiger charge is -2.26. The molecule has 0 aliphatic carbocycles. The van der Waals surface area contributed by atoms with E-state index in [2.05, 4.69) is 21.4 Å². The minimum Gasteiger partial charge on any atom is -0.362 e. The zero-order valence-corrected chi connectivity index (χ0v) is 13.6. The topological polar surface area (TPSA) is 72.3 Å². The van der Waals surface area contributed by atoms with Gasteiger partial charge in [-0.05, 0) is 25.2 Å². The fourth-order valence-corrected chi connectivity index (χ4v) is 4.04. The van der Waals surface area contributed by atoms with Crippen LogP contribution in [0.4, 0.5) is 10.1 Å². The van der Waals surface area contributed by atoms with E-state index in [9.17, 15) is 4.79 Å². The Morgan fingerprint density at radius 1 is 1.41 bits per heavy atom. The third-order valence-electron chi connectivity index (χ3n) is 4.48. The maximum atomic E-state index is 12.4. The molecule has 2 atom stereocenters. The quantitative estimate of drug-likeness (QED) is 0.864. The number of hydrogen-bond acceptors (Lipinski definition) is 6. The molecule has 2 aliphatic rings. The molecular weight excluding hydrogens is 298 g/mol. The van der Waals surface area contributed by atoms with Crippen molar-refractivity contribution in [2.75, 3.05) is 36.4 Å². The van der Waals surface area contributed by atoms with Gasteiger partial charge in [0.15, 0.2) is 11.3 Å². The zero-order valence-electron chi connectivity index (χ0n) is 12.8. The number of piperidine rings is 1. The fourth-order valence-electron chi connectivity index (χ4n) is 3.17. The van der Waals surface area contributed by atoms with Crippen molar-refractivity contribution in [1.29, 1.82) is 5.26 Å². The molecule has 22 heavy (non-hydrogen) atoms. The highest BCUT2D eigenvalue weighted by Crippen LogP contribution is 2.30. The SMILES string of the molecule is CC1CN(C#N)CC1C(=O)Nc1ncc(N2CCCCC2)s1. The van der Waals surface area contributed by atoms with Gasteiger partial charge in [0.1, 0.15) is 5.00 Å². The van der Waals surface area contributed by atoms with Crippen molar-refractivity contribution in [3.8, 4) is 6.19 Å². The average Bonchev–Trinajstić information content (AvgIpc) is 3.14. The smallest absolute Gasteiger partial charge is 0.231 e. The number of anilines is 2. The van der Waals surface area contributed by atoms with E-state index in [1.54, 1.807) is 4.90 Å². The molecule has 0 aromatic carbocycles. The predicted molar refractivity (Wildman–Crippen MR) is 86.6 cm³/mol. The van der Waals surface area contributed by atoms with Gasteiger partial charge in [-0.1, -0.05) is 18.3 Å². The van der Waals surface area contributed by atoms with Gasteiger partial charge in [0.05, 0.1) is 12.1 Å². The lowest BCUT2D eigenvalue weighted by Crippen LogP contribution is -2.28. The van der Waals surface area contributed by atoms with E-state index in [4.69, 9.17) is 5.26 Å². The molecule has 1 aromatic heterocycles. The van der Waals surface area contributed by atoms with Gasteiger partial charge in [0.25, 0.3) is 0 Å². The third-order valence-corrected chi connectivity index (χ3v) is 5.46. The second-order valence-electron chi connectivity index (χ2n) is 6.13. The second kappa shape index (κ2) is 6.53. The van der Waals surface area contributed by atoms with Crippen molar-refractivity contribution in [2.45, 2.75) is 26.2 Å². The molecule has 0 spiro atoms. The van der Waals surface area contributed by atoms with E-state index < -0.39 is 0 Å². The Bertz CT molecular complexity index is 575. The molecule has 2 saturated heterocycles. The van der Waals surface area contributed by atoms with Crippen molar-refractivity contribution in [1.82, 2.24) is 9.88 Å². The van der Waals surface area contributed by atoms with Crippen molar-refractivity contribution in [2.24, 2.45) is 11.8 Å². The van der Waals surface area contributed by atoms with E-state index in [1.807, 2.05) is 13.1 Å². The zero-order chi connectivity index (χ0) is 15.5. The first kappa shape index (κ1) is 15.1. The first-order chi connectivity index (χ1) is 10.7. The van der Waals surface area contributed by atoms with Crippen LogP contribution in [0.25, 0.3) is 0 Å². The number of hydrogen-bond donors (Lipinski definition) is 1. The molecule has 1 amide bonds. The molecule has 2 aliphatic heterocycles. The third kappa shape index (κ3) is 3.17. The molecule has 0 saturated carbocycles. The summed E-state index contributed by atoms with van der Waals surface area (Å²) in [5.41, 5.74) is 0. The summed E-state index contributed by atoms with van der Waals surface area (Å²) in [4.78, 5) is 20.7. The fraction of sp³-hybridized carbons (Fsp3) is 0.667. The number of aromatic nitrogens is 1. The Balaban J connectivity index is 1.60. The Kier molecular flexibility index (Phi) is 4.48. The maximum absolute atomic E-state index is 12.4. The number of nitrogens with zero attached hydrogens (tertiary/aromatic N) is 4. The number of thiazole rings is 1. The normalized spacial score (nSPS) is 25.1. The van der Waals surface area contributed by atoms with Crippen molar-refractivity contribution in [3.05, 3.63) is 6.20 Å². The summed E-state index contributed by atoms with van der Waals surface area (Å²) in [5.74, 6) is 0.0351. The summed E-state index contributed by atoms with van der Waals surface area (Å²) < 4.78 is 0. The molecule has 7 heteroatoms. The molecule has 1 aromatic rings. The molecular formula is C15H21N5OS. The minimum absolute atomic E-state index is 0.0233. The van der Waals surface area contributed by atoms with Gasteiger partial charge in [0.2, 0.25) is 5.91 Å². The van der Waals surface area contributed by atoms with Crippen LogP contribution in [0.1, 0.15) is 26.2 Å². The van der Waals surface area contributed by atoms with Gasteiger partial charge in [0, 0.05) is 26.2 Å². The summed E-state index contributed by atoms with van der Waals surface area (Å²) in [6.45, 7) is 5.33. The number of carbonyl (C=O) groups is 1. The Hall–Kier alpha value is -1.81. The molecule has 0 radical (unpaired) electrons. The van der Waals surface area contributed by atoms with E-state index in [1.165, 1.54) is 30.6 Å². The van der Waals surface area contributed by atoms with Gasteiger partial charge in [-0.2, -0.15) is 5.26 Å². The molecule has 2 unspecified atom stereocenters. The van der Waals surface area contributed by atoms with E-state index >= 15 is 0 Å². The van der Waals surface area contributed by atoms with Crippen molar-refractivity contribution in [3.63, 3.8) is 0 Å².